The van der Waals surface area contributed by atoms with Crippen molar-refractivity contribution in [2.45, 2.75) is 31.8 Å². The van der Waals surface area contributed by atoms with E-state index in [0.717, 1.165) is 12.5 Å². The van der Waals surface area contributed by atoms with Crippen LogP contribution >= 0.6 is 0 Å². The molecule has 1 aromatic rings. The van der Waals surface area contributed by atoms with Crippen LogP contribution in [0.25, 0.3) is 0 Å². The number of hydrogen-bond donors (Lipinski definition) is 1. The van der Waals surface area contributed by atoms with Gasteiger partial charge in [-0.2, -0.15) is 0 Å². The van der Waals surface area contributed by atoms with Crippen LogP contribution in [0.2, 0.25) is 0 Å². The van der Waals surface area contributed by atoms with Gasteiger partial charge in [-0.1, -0.05) is 5.10 Å². The molecule has 5 heteroatoms. The first kappa shape index (κ1) is 8.23. The van der Waals surface area contributed by atoms with Gasteiger partial charge in [0.1, 0.15) is 0 Å². The molecule has 0 amide bonds. The molecule has 1 aliphatic heterocycles. The van der Waals surface area contributed by atoms with Crippen molar-refractivity contribution < 1.29 is 4.42 Å². The maximum Gasteiger partial charge on any atom is 0.318 e. The molecular formula is C9H14N4O. The summed E-state index contributed by atoms with van der Waals surface area (Å²) in [6, 6.07) is 1.30. The Morgan fingerprint density at radius 2 is 2.36 bits per heavy atom. The molecule has 2 atom stereocenters. The highest BCUT2D eigenvalue weighted by molar-refractivity contribution is 5.31. The molecule has 2 unspecified atom stereocenters. The highest BCUT2D eigenvalue weighted by Crippen LogP contribution is 2.39. The van der Waals surface area contributed by atoms with E-state index in [9.17, 15) is 0 Å². The van der Waals surface area contributed by atoms with Gasteiger partial charge < -0.3 is 15.1 Å². The highest BCUT2D eigenvalue weighted by Gasteiger charge is 2.39. The van der Waals surface area contributed by atoms with Crippen molar-refractivity contribution in [3.8, 4) is 0 Å². The number of piperidine rings is 1. The number of anilines is 1. The monoisotopic (exact) mass is 194 g/mol. The Kier molecular flexibility index (Phi) is 1.73. The Balaban J connectivity index is 1.82. The Morgan fingerprint density at radius 1 is 1.43 bits per heavy atom. The molecule has 0 spiro atoms. The van der Waals surface area contributed by atoms with Crippen LogP contribution in [0.1, 0.15) is 25.2 Å². The minimum atomic E-state index is 0.328. The van der Waals surface area contributed by atoms with Crippen molar-refractivity contribution >= 4 is 6.01 Å². The maximum absolute atomic E-state index is 5.45. The van der Waals surface area contributed by atoms with Crippen LogP contribution in [-0.2, 0) is 6.54 Å². The van der Waals surface area contributed by atoms with Gasteiger partial charge in [0.2, 0.25) is 5.89 Å². The normalized spacial score (nSPS) is 30.2. The smallest absolute Gasteiger partial charge is 0.318 e. The topological polar surface area (TPSA) is 68.2 Å². The molecule has 2 bridgehead atoms. The van der Waals surface area contributed by atoms with E-state index >= 15 is 0 Å². The maximum atomic E-state index is 5.45. The second kappa shape index (κ2) is 2.95. The third kappa shape index (κ3) is 1.12. The predicted molar refractivity (Wildman–Crippen MR) is 50.7 cm³/mol. The molecule has 1 saturated carbocycles. The van der Waals surface area contributed by atoms with E-state index in [0.29, 0.717) is 24.5 Å². The highest BCUT2D eigenvalue weighted by atomic mass is 16.4. The second-order valence-corrected chi connectivity index (χ2v) is 4.17. The van der Waals surface area contributed by atoms with Gasteiger partial charge in [0.15, 0.2) is 0 Å². The largest absolute Gasteiger partial charge is 0.407 e. The summed E-state index contributed by atoms with van der Waals surface area (Å²) in [6.07, 6.45) is 3.92. The fourth-order valence-electron chi connectivity index (χ4n) is 2.60. The molecule has 5 nitrogen and oxygen atoms in total. The van der Waals surface area contributed by atoms with Gasteiger partial charge in [-0.25, -0.2) is 0 Å². The van der Waals surface area contributed by atoms with Gasteiger partial charge in [-0.05, 0) is 25.2 Å². The summed E-state index contributed by atoms with van der Waals surface area (Å²) >= 11 is 0. The first-order chi connectivity index (χ1) is 6.86. The first-order valence-corrected chi connectivity index (χ1v) is 5.16. The average Bonchev–Trinajstić information content (AvgIpc) is 2.93. The Hall–Kier alpha value is -1.10. The van der Waals surface area contributed by atoms with Crippen LogP contribution < -0.4 is 10.6 Å². The number of nitrogens with zero attached hydrogens (tertiary/aromatic N) is 3. The fraction of sp³-hybridized carbons (Fsp3) is 0.778. The molecule has 14 heavy (non-hydrogen) atoms. The van der Waals surface area contributed by atoms with Gasteiger partial charge >= 0.3 is 6.01 Å². The molecule has 1 aliphatic carbocycles. The molecule has 76 valence electrons. The van der Waals surface area contributed by atoms with E-state index in [4.69, 9.17) is 10.2 Å². The zero-order chi connectivity index (χ0) is 9.54. The average molecular weight is 194 g/mol. The van der Waals surface area contributed by atoms with Crippen molar-refractivity contribution in [1.82, 2.24) is 10.2 Å². The van der Waals surface area contributed by atoms with Crippen molar-refractivity contribution in [1.29, 1.82) is 0 Å². The lowest BCUT2D eigenvalue weighted by atomic mass is 10.1. The van der Waals surface area contributed by atoms with Gasteiger partial charge in [0.25, 0.3) is 0 Å². The van der Waals surface area contributed by atoms with E-state index in [1.165, 1.54) is 19.3 Å². The van der Waals surface area contributed by atoms with Gasteiger partial charge in [0.05, 0.1) is 6.54 Å². The summed E-state index contributed by atoms with van der Waals surface area (Å²) in [5.74, 6) is 1.37. The molecular weight excluding hydrogens is 180 g/mol. The zero-order valence-electron chi connectivity index (χ0n) is 8.02. The second-order valence-electron chi connectivity index (χ2n) is 4.17. The van der Waals surface area contributed by atoms with Crippen molar-refractivity contribution in [3.63, 3.8) is 0 Å². The molecule has 2 aliphatic rings. The van der Waals surface area contributed by atoms with E-state index in [-0.39, 0.29) is 0 Å². The lowest BCUT2D eigenvalue weighted by Gasteiger charge is -2.24. The van der Waals surface area contributed by atoms with Crippen LogP contribution in [0.15, 0.2) is 4.42 Å². The minimum absolute atomic E-state index is 0.328. The summed E-state index contributed by atoms with van der Waals surface area (Å²) in [4.78, 5) is 2.24. The van der Waals surface area contributed by atoms with Crippen LogP contribution in [0.5, 0.6) is 0 Å². The predicted octanol–water partition coefficient (Wildman–Crippen LogP) is 0.517. The summed E-state index contributed by atoms with van der Waals surface area (Å²) in [6.45, 7) is 1.41. The van der Waals surface area contributed by atoms with Crippen LogP contribution in [0, 0.1) is 5.92 Å². The summed E-state index contributed by atoms with van der Waals surface area (Å²) < 4.78 is 5.45. The third-order valence-corrected chi connectivity index (χ3v) is 3.29. The number of nitrogens with two attached hydrogens (primary N) is 1. The number of hydrogen-bond acceptors (Lipinski definition) is 5. The van der Waals surface area contributed by atoms with Gasteiger partial charge in [-0.3, -0.25) is 0 Å². The molecule has 1 aromatic heterocycles. The lowest BCUT2D eigenvalue weighted by molar-refractivity contribution is 0.458. The number of aromatic nitrogens is 2. The van der Waals surface area contributed by atoms with Crippen LogP contribution in [0.4, 0.5) is 6.01 Å². The SMILES string of the molecule is NCc1nnc(N2CC3CCC2C3)o1. The Morgan fingerprint density at radius 3 is 2.93 bits per heavy atom. The zero-order valence-corrected chi connectivity index (χ0v) is 8.02. The van der Waals surface area contributed by atoms with Crippen LogP contribution in [-0.4, -0.2) is 22.8 Å². The van der Waals surface area contributed by atoms with E-state index in [2.05, 4.69) is 15.1 Å². The Bertz CT molecular complexity index is 337. The molecule has 2 N–H and O–H groups in total. The number of fused-ring (bicyclic) bond motifs is 2. The summed E-state index contributed by atoms with van der Waals surface area (Å²) in [7, 11) is 0. The van der Waals surface area contributed by atoms with E-state index in [1.807, 2.05) is 0 Å². The Labute approximate surface area is 82.3 Å². The van der Waals surface area contributed by atoms with E-state index in [1.54, 1.807) is 0 Å². The van der Waals surface area contributed by atoms with E-state index < -0.39 is 0 Å². The summed E-state index contributed by atoms with van der Waals surface area (Å²) in [5.41, 5.74) is 5.42. The van der Waals surface area contributed by atoms with Crippen molar-refractivity contribution in [2.24, 2.45) is 11.7 Å². The fourth-order valence-corrected chi connectivity index (χ4v) is 2.60. The van der Waals surface area contributed by atoms with Gasteiger partial charge in [0, 0.05) is 12.6 Å². The molecule has 0 aromatic carbocycles. The van der Waals surface area contributed by atoms with Crippen LogP contribution in [0.3, 0.4) is 0 Å². The molecule has 1 saturated heterocycles. The quantitative estimate of drug-likeness (QED) is 0.743. The number of rotatable bonds is 2. The molecule has 0 radical (unpaired) electrons. The molecule has 2 heterocycles. The molecule has 3 rings (SSSR count). The molecule has 2 fully saturated rings. The van der Waals surface area contributed by atoms with Crippen molar-refractivity contribution in [3.05, 3.63) is 5.89 Å². The third-order valence-electron chi connectivity index (χ3n) is 3.29. The standard InChI is InChI=1S/C9H14N4O/c10-4-8-11-12-9(14-8)13-5-6-1-2-7(13)3-6/h6-7H,1-5,10H2. The minimum Gasteiger partial charge on any atom is -0.407 e. The van der Waals surface area contributed by atoms with Crippen molar-refractivity contribution in [2.75, 3.05) is 11.4 Å². The first-order valence-electron chi connectivity index (χ1n) is 5.16. The lowest BCUT2D eigenvalue weighted by Crippen LogP contribution is -2.32. The van der Waals surface area contributed by atoms with Gasteiger partial charge in [-0.15, -0.1) is 5.10 Å². The summed E-state index contributed by atoms with van der Waals surface area (Å²) in [5, 5.41) is 7.90.